The van der Waals surface area contributed by atoms with Crippen molar-refractivity contribution in [1.29, 1.82) is 0 Å². The van der Waals surface area contributed by atoms with E-state index in [1.807, 2.05) is 19.1 Å². The molecule has 0 amide bonds. The normalized spacial score (nSPS) is 10.6. The molecule has 0 aliphatic carbocycles. The number of ether oxygens (including phenoxy) is 2. The second-order valence-electron chi connectivity index (χ2n) is 5.91. The number of methoxy groups -OCH3 is 2. The molecule has 0 saturated heterocycles. The highest BCUT2D eigenvalue weighted by Crippen LogP contribution is 2.38. The predicted octanol–water partition coefficient (Wildman–Crippen LogP) is 4.84. The quantitative estimate of drug-likeness (QED) is 0.518. The molecule has 0 fully saturated rings. The summed E-state index contributed by atoms with van der Waals surface area (Å²) in [6, 6.07) is 12.6. The molecular formula is C20H16BrClN2O4. The van der Waals surface area contributed by atoms with Gasteiger partial charge in [0.25, 0.3) is 0 Å². The van der Waals surface area contributed by atoms with E-state index in [1.54, 1.807) is 30.3 Å². The van der Waals surface area contributed by atoms with E-state index in [0.29, 0.717) is 20.7 Å². The van der Waals surface area contributed by atoms with Crippen molar-refractivity contribution in [2.75, 3.05) is 14.2 Å². The van der Waals surface area contributed by atoms with Crippen LogP contribution >= 0.6 is 27.5 Å². The molecule has 28 heavy (non-hydrogen) atoms. The van der Waals surface area contributed by atoms with Crippen molar-refractivity contribution >= 4 is 39.5 Å². The van der Waals surface area contributed by atoms with Gasteiger partial charge in [-0.15, -0.1) is 0 Å². The molecule has 3 aromatic rings. The van der Waals surface area contributed by atoms with E-state index in [0.717, 1.165) is 5.56 Å². The third-order valence-electron chi connectivity index (χ3n) is 4.08. The van der Waals surface area contributed by atoms with Crippen molar-refractivity contribution in [3.05, 3.63) is 68.8 Å². The monoisotopic (exact) mass is 462 g/mol. The summed E-state index contributed by atoms with van der Waals surface area (Å²) in [5.41, 5.74) is 2.15. The number of nitrogens with zero attached hydrogens (tertiary/aromatic N) is 2. The van der Waals surface area contributed by atoms with Gasteiger partial charge in [-0.05, 0) is 52.7 Å². The zero-order valence-corrected chi connectivity index (χ0v) is 17.7. The molecule has 0 radical (unpaired) electrons. The van der Waals surface area contributed by atoms with Gasteiger partial charge in [-0.2, -0.15) is 5.10 Å². The van der Waals surface area contributed by atoms with Crippen molar-refractivity contribution in [3.8, 4) is 16.9 Å². The Balaban J connectivity index is 2.43. The van der Waals surface area contributed by atoms with E-state index in [4.69, 9.17) is 21.1 Å². The van der Waals surface area contributed by atoms with E-state index in [2.05, 4.69) is 21.0 Å². The number of aryl methyl sites for hydroxylation is 1. The summed E-state index contributed by atoms with van der Waals surface area (Å²) in [6.07, 6.45) is 0. The Morgan fingerprint density at radius 3 is 2.32 bits per heavy atom. The lowest BCUT2D eigenvalue weighted by atomic mass is 10.0. The molecular weight excluding hydrogens is 448 g/mol. The van der Waals surface area contributed by atoms with Crippen LogP contribution in [0.3, 0.4) is 0 Å². The third-order valence-corrected chi connectivity index (χ3v) is 5.34. The Morgan fingerprint density at radius 1 is 1.07 bits per heavy atom. The zero-order valence-electron chi connectivity index (χ0n) is 15.3. The summed E-state index contributed by atoms with van der Waals surface area (Å²) in [4.78, 5) is 25.2. The first kappa shape index (κ1) is 20.1. The van der Waals surface area contributed by atoms with Gasteiger partial charge in [0, 0.05) is 10.0 Å². The van der Waals surface area contributed by atoms with Gasteiger partial charge in [0.15, 0.2) is 5.69 Å². The Hall–Kier alpha value is -2.64. The highest BCUT2D eigenvalue weighted by atomic mass is 79.9. The Bertz CT molecular complexity index is 1060. The molecule has 0 aliphatic heterocycles. The van der Waals surface area contributed by atoms with Gasteiger partial charge in [0.05, 0.1) is 24.9 Å². The molecule has 144 valence electrons. The fourth-order valence-corrected chi connectivity index (χ4v) is 3.61. The summed E-state index contributed by atoms with van der Waals surface area (Å²) in [5, 5.41) is 4.91. The van der Waals surface area contributed by atoms with Crippen LogP contribution in [0.15, 0.2) is 46.9 Å². The smallest absolute Gasteiger partial charge is 0.357 e. The fourth-order valence-electron chi connectivity index (χ4n) is 2.84. The summed E-state index contributed by atoms with van der Waals surface area (Å²) < 4.78 is 11.8. The first-order chi connectivity index (χ1) is 13.4. The van der Waals surface area contributed by atoms with Gasteiger partial charge in [0.2, 0.25) is 0 Å². The fraction of sp³-hybridized carbons (Fsp3) is 0.150. The summed E-state index contributed by atoms with van der Waals surface area (Å²) >= 11 is 9.89. The molecule has 1 aromatic heterocycles. The van der Waals surface area contributed by atoms with Crippen LogP contribution in [0.2, 0.25) is 5.02 Å². The van der Waals surface area contributed by atoms with Crippen molar-refractivity contribution in [3.63, 3.8) is 0 Å². The highest BCUT2D eigenvalue weighted by molar-refractivity contribution is 9.10. The molecule has 3 rings (SSSR count). The Morgan fingerprint density at radius 2 is 1.71 bits per heavy atom. The molecule has 0 atom stereocenters. The number of aromatic nitrogens is 2. The number of carbonyl (C=O) groups is 2. The largest absolute Gasteiger partial charge is 0.465 e. The second kappa shape index (κ2) is 8.16. The number of halogens is 2. The van der Waals surface area contributed by atoms with Crippen LogP contribution in [0.5, 0.6) is 0 Å². The number of benzene rings is 2. The molecule has 0 spiro atoms. The first-order valence-corrected chi connectivity index (χ1v) is 9.37. The van der Waals surface area contributed by atoms with Crippen molar-refractivity contribution in [2.45, 2.75) is 6.92 Å². The van der Waals surface area contributed by atoms with Crippen LogP contribution in [0.4, 0.5) is 0 Å². The van der Waals surface area contributed by atoms with Gasteiger partial charge in [-0.3, -0.25) is 0 Å². The van der Waals surface area contributed by atoms with Crippen molar-refractivity contribution < 1.29 is 19.1 Å². The third kappa shape index (κ3) is 3.55. The van der Waals surface area contributed by atoms with Crippen LogP contribution in [0, 0.1) is 6.92 Å². The van der Waals surface area contributed by atoms with E-state index >= 15 is 0 Å². The van der Waals surface area contributed by atoms with Crippen LogP contribution in [0.25, 0.3) is 16.9 Å². The number of hydrogen-bond donors (Lipinski definition) is 0. The van der Waals surface area contributed by atoms with E-state index in [1.165, 1.54) is 18.9 Å². The number of hydrogen-bond acceptors (Lipinski definition) is 5. The average Bonchev–Trinajstić information content (AvgIpc) is 3.10. The predicted molar refractivity (Wildman–Crippen MR) is 109 cm³/mol. The number of para-hydroxylation sites is 1. The van der Waals surface area contributed by atoms with Gasteiger partial charge in [-0.1, -0.05) is 29.8 Å². The molecule has 0 N–H and O–H groups in total. The Labute approximate surface area is 175 Å². The minimum absolute atomic E-state index is 0.0161. The maximum Gasteiger partial charge on any atom is 0.357 e. The van der Waals surface area contributed by atoms with Crippen molar-refractivity contribution in [1.82, 2.24) is 9.78 Å². The molecule has 2 aromatic carbocycles. The van der Waals surface area contributed by atoms with Crippen LogP contribution < -0.4 is 0 Å². The molecule has 0 saturated carbocycles. The first-order valence-electron chi connectivity index (χ1n) is 8.20. The highest BCUT2D eigenvalue weighted by Gasteiger charge is 2.32. The van der Waals surface area contributed by atoms with E-state index < -0.39 is 11.9 Å². The van der Waals surface area contributed by atoms with Crippen molar-refractivity contribution in [2.24, 2.45) is 0 Å². The molecule has 0 unspecified atom stereocenters. The van der Waals surface area contributed by atoms with Crippen LogP contribution in [0.1, 0.15) is 26.4 Å². The van der Waals surface area contributed by atoms with Gasteiger partial charge >= 0.3 is 11.9 Å². The molecule has 0 bridgehead atoms. The Kier molecular flexibility index (Phi) is 5.86. The lowest BCUT2D eigenvalue weighted by Crippen LogP contribution is -2.15. The minimum atomic E-state index is -0.717. The molecule has 1 heterocycles. The topological polar surface area (TPSA) is 70.4 Å². The zero-order chi connectivity index (χ0) is 20.4. The van der Waals surface area contributed by atoms with Crippen LogP contribution in [-0.2, 0) is 9.47 Å². The van der Waals surface area contributed by atoms with Gasteiger partial charge in [-0.25, -0.2) is 14.3 Å². The van der Waals surface area contributed by atoms with Gasteiger partial charge in [0.1, 0.15) is 11.3 Å². The molecule has 8 heteroatoms. The molecule has 6 nitrogen and oxygen atoms in total. The molecule has 0 aliphatic rings. The lowest BCUT2D eigenvalue weighted by molar-refractivity contribution is 0.0549. The minimum Gasteiger partial charge on any atom is -0.465 e. The van der Waals surface area contributed by atoms with Crippen LogP contribution in [-0.4, -0.2) is 35.9 Å². The van der Waals surface area contributed by atoms with E-state index in [9.17, 15) is 9.59 Å². The summed E-state index contributed by atoms with van der Waals surface area (Å²) in [7, 11) is 2.47. The summed E-state index contributed by atoms with van der Waals surface area (Å²) in [6.45, 7) is 1.89. The number of esters is 2. The maximum atomic E-state index is 12.6. The summed E-state index contributed by atoms with van der Waals surface area (Å²) in [5.74, 6) is -1.43. The van der Waals surface area contributed by atoms with Gasteiger partial charge < -0.3 is 9.47 Å². The lowest BCUT2D eigenvalue weighted by Gasteiger charge is -2.08. The standard InChI is InChI=1S/C20H16BrClN2O4/c1-11-9-13(16(22)14(21)10-11)17-15(19(25)27-2)18(20(26)28-3)24(23-17)12-7-5-4-6-8-12/h4-10H,1-3H3. The number of carbonyl (C=O) groups excluding carboxylic acids is 2. The second-order valence-corrected chi connectivity index (χ2v) is 7.14. The van der Waals surface area contributed by atoms with E-state index in [-0.39, 0.29) is 17.0 Å². The SMILES string of the molecule is COC(=O)c1c(-c2cc(C)cc(Br)c2Cl)nn(-c2ccccc2)c1C(=O)OC. The maximum absolute atomic E-state index is 12.6. The number of rotatable bonds is 4. The average molecular weight is 464 g/mol.